The number of esters is 2. The van der Waals surface area contributed by atoms with E-state index < -0.39 is 35.5 Å². The summed E-state index contributed by atoms with van der Waals surface area (Å²) in [7, 11) is 3.83. The summed E-state index contributed by atoms with van der Waals surface area (Å²) >= 11 is 0. The molecule has 0 aliphatic carbocycles. The number of unbranched alkanes of at least 4 members (excludes halogenated alkanes) is 1. The molecule has 1 unspecified atom stereocenters. The van der Waals surface area contributed by atoms with E-state index >= 15 is 0 Å². The Morgan fingerprint density at radius 2 is 1.88 bits per heavy atom. The smallest absolute Gasteiger partial charge is 0.330 e. The first kappa shape index (κ1) is 27.2. The van der Waals surface area contributed by atoms with E-state index in [9.17, 15) is 29.8 Å². The highest BCUT2D eigenvalue weighted by Crippen LogP contribution is 2.39. The number of rotatable bonds is 15. The predicted molar refractivity (Wildman–Crippen MR) is 124 cm³/mol. The summed E-state index contributed by atoms with van der Waals surface area (Å²) in [6.07, 6.45) is 5.52. The molecule has 2 atom stereocenters. The van der Waals surface area contributed by atoms with Crippen LogP contribution in [0.2, 0.25) is 0 Å². The molecule has 0 radical (unpaired) electrons. The van der Waals surface area contributed by atoms with Crippen molar-refractivity contribution in [2.75, 3.05) is 19.0 Å². The summed E-state index contributed by atoms with van der Waals surface area (Å²) < 4.78 is 10.1. The summed E-state index contributed by atoms with van der Waals surface area (Å²) in [6, 6.07) is 6.44. The van der Waals surface area contributed by atoms with Crippen LogP contribution in [0.5, 0.6) is 5.75 Å². The third-order valence-electron chi connectivity index (χ3n) is 4.42. The molecule has 2 rings (SSSR count). The fourth-order valence-electron chi connectivity index (χ4n) is 2.80. The van der Waals surface area contributed by atoms with Crippen LogP contribution in [0.3, 0.4) is 0 Å². The molecule has 1 aliphatic heterocycles. The molecule has 12 nitrogen and oxygen atoms in total. The Balaban J connectivity index is 1.70. The summed E-state index contributed by atoms with van der Waals surface area (Å²) in [6.45, 7) is -1.39. The number of carbonyl (C=O) groups is 2. The molecule has 1 heterocycles. The number of hydrogen-bond acceptors (Lipinski definition) is 12. The quantitative estimate of drug-likeness (QED) is 0.0634. The Morgan fingerprint density at radius 1 is 1.12 bits per heavy atom. The van der Waals surface area contributed by atoms with Gasteiger partial charge in [-0.2, -0.15) is 0 Å². The summed E-state index contributed by atoms with van der Waals surface area (Å²) in [5.74, 6) is 0.443. The highest BCUT2D eigenvalue weighted by Gasteiger charge is 2.18. The Hall–Kier alpha value is -3.00. The summed E-state index contributed by atoms with van der Waals surface area (Å²) in [5.41, 5.74) is 0.610. The van der Waals surface area contributed by atoms with Gasteiger partial charge in [0, 0.05) is 23.5 Å². The molecule has 0 bridgehead atoms. The topological polar surface area (TPSA) is 157 Å². The van der Waals surface area contributed by atoms with Crippen LogP contribution in [0, 0.1) is 20.2 Å². The average Bonchev–Trinajstić information content (AvgIpc) is 3.31. The second-order valence-corrected chi connectivity index (χ2v) is 9.84. The molecule has 1 fully saturated rings. The van der Waals surface area contributed by atoms with Crippen LogP contribution in [0.25, 0.3) is 6.08 Å². The van der Waals surface area contributed by atoms with E-state index in [1.165, 1.54) is 18.2 Å². The fourth-order valence-corrected chi connectivity index (χ4v) is 5.83. The molecular formula is C20H24N2O10S2. The molecular weight excluding hydrogens is 492 g/mol. The van der Waals surface area contributed by atoms with E-state index in [2.05, 4.69) is 9.68 Å². The van der Waals surface area contributed by atoms with Gasteiger partial charge in [-0.25, -0.2) is 4.79 Å². The monoisotopic (exact) mass is 516 g/mol. The zero-order chi connectivity index (χ0) is 24.8. The molecule has 0 spiro atoms. The predicted octanol–water partition coefficient (Wildman–Crippen LogP) is 3.65. The SMILES string of the molecule is O=C(/C=C/c1ccc(OC(=O)CCCC[C@@H]2CCSS2)cc1)OCC(CO[N+](=O)[O-])O[N+](=O)[O-]. The van der Waals surface area contributed by atoms with Gasteiger partial charge in [0.25, 0.3) is 10.2 Å². The highest BCUT2D eigenvalue weighted by atomic mass is 33.1. The molecule has 186 valence electrons. The van der Waals surface area contributed by atoms with Crippen molar-refractivity contribution in [3.05, 3.63) is 56.1 Å². The van der Waals surface area contributed by atoms with Crippen LogP contribution in [-0.2, 0) is 24.0 Å². The van der Waals surface area contributed by atoms with E-state index in [1.807, 2.05) is 21.6 Å². The van der Waals surface area contributed by atoms with Crippen molar-refractivity contribution in [1.82, 2.24) is 0 Å². The van der Waals surface area contributed by atoms with Crippen molar-refractivity contribution in [2.24, 2.45) is 0 Å². The lowest BCUT2D eigenvalue weighted by Gasteiger charge is -2.12. The third kappa shape index (κ3) is 11.7. The maximum Gasteiger partial charge on any atom is 0.330 e. The fraction of sp³-hybridized carbons (Fsp3) is 0.500. The van der Waals surface area contributed by atoms with E-state index in [-0.39, 0.29) is 5.97 Å². The Labute approximate surface area is 202 Å². The van der Waals surface area contributed by atoms with Crippen LogP contribution < -0.4 is 4.74 Å². The van der Waals surface area contributed by atoms with E-state index in [1.54, 1.807) is 24.3 Å². The maximum atomic E-state index is 12.0. The first-order valence-electron chi connectivity index (χ1n) is 10.3. The van der Waals surface area contributed by atoms with Gasteiger partial charge in [0.1, 0.15) is 19.0 Å². The van der Waals surface area contributed by atoms with E-state index in [0.717, 1.165) is 25.3 Å². The molecule has 0 N–H and O–H groups in total. The number of carbonyl (C=O) groups excluding carboxylic acids is 2. The van der Waals surface area contributed by atoms with Crippen LogP contribution in [0.15, 0.2) is 30.3 Å². The van der Waals surface area contributed by atoms with Gasteiger partial charge >= 0.3 is 11.9 Å². The Kier molecular flexibility index (Phi) is 12.0. The van der Waals surface area contributed by atoms with Crippen LogP contribution in [0.4, 0.5) is 0 Å². The number of ether oxygens (including phenoxy) is 2. The Bertz CT molecular complexity index is 859. The molecule has 1 aromatic carbocycles. The molecule has 1 aromatic rings. The second-order valence-electron chi connectivity index (χ2n) is 7.05. The molecule has 1 saturated heterocycles. The summed E-state index contributed by atoms with van der Waals surface area (Å²) in [4.78, 5) is 52.5. The third-order valence-corrected chi connectivity index (χ3v) is 7.43. The molecule has 0 aromatic heterocycles. The van der Waals surface area contributed by atoms with Crippen molar-refractivity contribution in [1.29, 1.82) is 0 Å². The van der Waals surface area contributed by atoms with Gasteiger partial charge in [0.15, 0.2) is 6.10 Å². The van der Waals surface area contributed by atoms with Gasteiger partial charge in [-0.05, 0) is 43.0 Å². The summed E-state index contributed by atoms with van der Waals surface area (Å²) in [5, 5.41) is 19.0. The van der Waals surface area contributed by atoms with Gasteiger partial charge in [-0.1, -0.05) is 40.1 Å². The standard InChI is InChI=1S/C20H24N2O10S2/c23-19(29-13-17(32-22(27)28)14-30-21(25)26)10-7-15-5-8-16(9-6-15)31-20(24)4-2-1-3-18-11-12-33-34-18/h5-10,17-18H,1-4,11-14H2/b10-7+/t17?,18-/m1/s1. The van der Waals surface area contributed by atoms with Crippen LogP contribution >= 0.6 is 21.6 Å². The van der Waals surface area contributed by atoms with Crippen molar-refractivity contribution in [2.45, 2.75) is 43.5 Å². The Morgan fingerprint density at radius 3 is 2.53 bits per heavy atom. The number of nitrogens with zero attached hydrogens (tertiary/aromatic N) is 2. The van der Waals surface area contributed by atoms with Crippen molar-refractivity contribution in [3.63, 3.8) is 0 Å². The normalized spacial score (nSPS) is 16.1. The van der Waals surface area contributed by atoms with Gasteiger partial charge < -0.3 is 19.1 Å². The van der Waals surface area contributed by atoms with Gasteiger partial charge in [-0.3, -0.25) is 4.79 Å². The zero-order valence-electron chi connectivity index (χ0n) is 18.1. The van der Waals surface area contributed by atoms with Crippen molar-refractivity contribution >= 4 is 39.6 Å². The van der Waals surface area contributed by atoms with E-state index in [4.69, 9.17) is 9.47 Å². The van der Waals surface area contributed by atoms with E-state index in [0.29, 0.717) is 23.0 Å². The first-order chi connectivity index (χ1) is 16.3. The van der Waals surface area contributed by atoms with Gasteiger partial charge in [-0.15, -0.1) is 20.2 Å². The second kappa shape index (κ2) is 15.0. The molecule has 14 heteroatoms. The lowest BCUT2D eigenvalue weighted by atomic mass is 10.1. The van der Waals surface area contributed by atoms with Crippen LogP contribution in [0.1, 0.15) is 37.7 Å². The molecule has 1 aliphatic rings. The van der Waals surface area contributed by atoms with Crippen LogP contribution in [-0.4, -0.2) is 52.4 Å². The van der Waals surface area contributed by atoms with Gasteiger partial charge in [0.05, 0.1) is 0 Å². The number of hydrogen-bond donors (Lipinski definition) is 0. The largest absolute Gasteiger partial charge is 0.460 e. The molecule has 34 heavy (non-hydrogen) atoms. The highest BCUT2D eigenvalue weighted by molar-refractivity contribution is 8.77. The van der Waals surface area contributed by atoms with Crippen molar-refractivity contribution in [3.8, 4) is 5.75 Å². The molecule has 0 saturated carbocycles. The molecule has 0 amide bonds. The number of benzene rings is 1. The minimum absolute atomic E-state index is 0.298. The van der Waals surface area contributed by atoms with Crippen molar-refractivity contribution < 1.29 is 38.9 Å². The first-order valence-corrected chi connectivity index (χ1v) is 12.7. The lowest BCUT2D eigenvalue weighted by molar-refractivity contribution is -0.790. The van der Waals surface area contributed by atoms with Gasteiger partial charge in [0.2, 0.25) is 0 Å². The minimum atomic E-state index is -1.45. The maximum absolute atomic E-state index is 12.0. The zero-order valence-corrected chi connectivity index (χ0v) is 19.7. The average molecular weight is 517 g/mol. The minimum Gasteiger partial charge on any atom is -0.460 e. The lowest BCUT2D eigenvalue weighted by Crippen LogP contribution is -2.30.